The summed E-state index contributed by atoms with van der Waals surface area (Å²) >= 11 is 0. The van der Waals surface area contributed by atoms with E-state index in [0.29, 0.717) is 5.69 Å². The predicted octanol–water partition coefficient (Wildman–Crippen LogP) is 2.95. The highest BCUT2D eigenvalue weighted by molar-refractivity contribution is 5.58. The van der Waals surface area contributed by atoms with Gasteiger partial charge < -0.3 is 5.32 Å². The molecule has 0 aliphatic carbocycles. The van der Waals surface area contributed by atoms with Crippen molar-refractivity contribution in [2.75, 3.05) is 5.32 Å². The first-order valence-electron chi connectivity index (χ1n) is 3.59. The fourth-order valence-electron chi connectivity index (χ4n) is 0.977. The molecule has 0 saturated carbocycles. The Hall–Kier alpha value is -1.64. The fourth-order valence-corrected chi connectivity index (χ4v) is 0.977. The van der Waals surface area contributed by atoms with Crippen LogP contribution in [0.4, 0.5) is 11.4 Å². The van der Waals surface area contributed by atoms with Gasteiger partial charge in [0.05, 0.1) is 0 Å². The zero-order valence-corrected chi connectivity index (χ0v) is 6.87. The van der Waals surface area contributed by atoms with Gasteiger partial charge in [0, 0.05) is 5.69 Å². The van der Waals surface area contributed by atoms with E-state index < -0.39 is 0 Å². The molecule has 1 rings (SSSR count). The zero-order valence-electron chi connectivity index (χ0n) is 6.87. The summed E-state index contributed by atoms with van der Waals surface area (Å²) < 4.78 is 0. The van der Waals surface area contributed by atoms with E-state index in [1.807, 2.05) is 6.92 Å². The second-order valence-electron chi connectivity index (χ2n) is 2.44. The van der Waals surface area contributed by atoms with Crippen molar-refractivity contribution in [3.05, 3.63) is 41.4 Å². The number of hydrogen-bond donors (Lipinski definition) is 1. The minimum Gasteiger partial charge on any atom is -0.362 e. The van der Waals surface area contributed by atoms with E-state index in [1.54, 1.807) is 24.4 Å². The predicted molar refractivity (Wildman–Crippen MR) is 50.5 cm³/mol. The molecule has 3 nitrogen and oxygen atoms in total. The topological polar surface area (TPSA) is 41.5 Å². The molecule has 1 aromatic carbocycles. The van der Waals surface area contributed by atoms with Crippen LogP contribution in [-0.4, -0.2) is 0 Å². The van der Waals surface area contributed by atoms with Crippen LogP contribution in [0.25, 0.3) is 0 Å². The molecule has 1 N–H and O–H groups in total. The molecule has 0 aliphatic rings. The van der Waals surface area contributed by atoms with Crippen LogP contribution in [0.3, 0.4) is 0 Å². The summed E-state index contributed by atoms with van der Waals surface area (Å²) in [7, 11) is 0. The Labute approximate surface area is 71.1 Å². The number of nitroso groups, excluding NO2 is 1. The SMILES string of the molecule is C=CNc1ccc(N=O)cc1C. The summed E-state index contributed by atoms with van der Waals surface area (Å²) in [6.07, 6.45) is 1.59. The van der Waals surface area contributed by atoms with Gasteiger partial charge in [-0.15, -0.1) is 4.91 Å². The van der Waals surface area contributed by atoms with Crippen LogP contribution < -0.4 is 5.32 Å². The Kier molecular flexibility index (Phi) is 2.58. The molecule has 0 amide bonds. The quantitative estimate of drug-likeness (QED) is 0.694. The van der Waals surface area contributed by atoms with Crippen LogP contribution in [0.1, 0.15) is 5.56 Å². The van der Waals surface area contributed by atoms with Crippen molar-refractivity contribution < 1.29 is 0 Å². The lowest BCUT2D eigenvalue weighted by Gasteiger charge is -2.03. The first-order chi connectivity index (χ1) is 5.77. The molecule has 3 heteroatoms. The van der Waals surface area contributed by atoms with Gasteiger partial charge in [0.2, 0.25) is 0 Å². The molecule has 0 saturated heterocycles. The van der Waals surface area contributed by atoms with E-state index in [-0.39, 0.29) is 0 Å². The molecule has 0 atom stereocenters. The molecule has 0 spiro atoms. The standard InChI is InChI=1S/C9H10N2O/c1-3-10-9-5-4-8(11-12)6-7(9)2/h3-6,10H,1H2,2H3. The summed E-state index contributed by atoms with van der Waals surface area (Å²) in [5.74, 6) is 0. The van der Waals surface area contributed by atoms with Crippen LogP contribution in [0.5, 0.6) is 0 Å². The van der Waals surface area contributed by atoms with Crippen molar-refractivity contribution in [1.82, 2.24) is 0 Å². The number of anilines is 1. The molecule has 0 aromatic heterocycles. The molecular weight excluding hydrogens is 152 g/mol. The molecule has 0 bridgehead atoms. The van der Waals surface area contributed by atoms with Gasteiger partial charge in [0.1, 0.15) is 5.69 Å². The van der Waals surface area contributed by atoms with Crippen LogP contribution in [0, 0.1) is 11.8 Å². The Morgan fingerprint density at radius 3 is 2.83 bits per heavy atom. The van der Waals surface area contributed by atoms with E-state index in [2.05, 4.69) is 17.1 Å². The Balaban J connectivity index is 3.02. The summed E-state index contributed by atoms with van der Waals surface area (Å²) in [5, 5.41) is 5.78. The van der Waals surface area contributed by atoms with E-state index >= 15 is 0 Å². The van der Waals surface area contributed by atoms with E-state index in [9.17, 15) is 4.91 Å². The lowest BCUT2D eigenvalue weighted by molar-refractivity contribution is 1.40. The molecule has 0 unspecified atom stereocenters. The number of rotatable bonds is 3. The average Bonchev–Trinajstić information content (AvgIpc) is 2.09. The molecule has 62 valence electrons. The number of benzene rings is 1. The number of nitrogens with one attached hydrogen (secondary N) is 1. The number of hydrogen-bond acceptors (Lipinski definition) is 3. The van der Waals surface area contributed by atoms with Crippen LogP contribution in [0.15, 0.2) is 36.2 Å². The van der Waals surface area contributed by atoms with Gasteiger partial charge in [-0.3, -0.25) is 0 Å². The first kappa shape index (κ1) is 8.46. The van der Waals surface area contributed by atoms with Gasteiger partial charge in [-0.25, -0.2) is 0 Å². The van der Waals surface area contributed by atoms with Crippen molar-refractivity contribution in [3.8, 4) is 0 Å². The molecule has 0 heterocycles. The molecule has 0 aliphatic heterocycles. The lowest BCUT2D eigenvalue weighted by Crippen LogP contribution is -1.88. The third kappa shape index (κ3) is 1.69. The highest BCUT2D eigenvalue weighted by Crippen LogP contribution is 2.21. The normalized spacial score (nSPS) is 9.08. The summed E-state index contributed by atoms with van der Waals surface area (Å²) in [5.41, 5.74) is 2.37. The largest absolute Gasteiger partial charge is 0.362 e. The minimum atomic E-state index is 0.446. The van der Waals surface area contributed by atoms with E-state index in [0.717, 1.165) is 11.3 Å². The maximum absolute atomic E-state index is 10.1. The van der Waals surface area contributed by atoms with Gasteiger partial charge in [-0.05, 0) is 42.1 Å². The Bertz CT molecular complexity index is 307. The van der Waals surface area contributed by atoms with Crippen LogP contribution in [0.2, 0.25) is 0 Å². The maximum Gasteiger partial charge on any atom is 0.108 e. The second-order valence-corrected chi connectivity index (χ2v) is 2.44. The molecular formula is C9H10N2O. The summed E-state index contributed by atoms with van der Waals surface area (Å²) in [4.78, 5) is 10.1. The number of aryl methyl sites for hydroxylation is 1. The smallest absolute Gasteiger partial charge is 0.108 e. The Morgan fingerprint density at radius 2 is 2.33 bits per heavy atom. The van der Waals surface area contributed by atoms with Crippen molar-refractivity contribution >= 4 is 11.4 Å². The lowest BCUT2D eigenvalue weighted by atomic mass is 10.2. The maximum atomic E-state index is 10.1. The summed E-state index contributed by atoms with van der Waals surface area (Å²) in [6.45, 7) is 5.45. The highest BCUT2D eigenvalue weighted by Gasteiger charge is 1.97. The van der Waals surface area contributed by atoms with Gasteiger partial charge in [-0.1, -0.05) is 6.58 Å². The molecule has 0 fully saturated rings. The molecule has 1 aromatic rings. The average molecular weight is 162 g/mol. The minimum absolute atomic E-state index is 0.446. The van der Waals surface area contributed by atoms with Crippen molar-refractivity contribution in [3.63, 3.8) is 0 Å². The molecule has 0 radical (unpaired) electrons. The van der Waals surface area contributed by atoms with E-state index in [1.165, 1.54) is 0 Å². The van der Waals surface area contributed by atoms with Gasteiger partial charge in [0.25, 0.3) is 0 Å². The monoisotopic (exact) mass is 162 g/mol. The third-order valence-corrected chi connectivity index (χ3v) is 1.57. The van der Waals surface area contributed by atoms with Crippen molar-refractivity contribution in [2.45, 2.75) is 6.92 Å². The van der Waals surface area contributed by atoms with Crippen LogP contribution >= 0.6 is 0 Å². The van der Waals surface area contributed by atoms with E-state index in [4.69, 9.17) is 0 Å². The van der Waals surface area contributed by atoms with Crippen LogP contribution in [-0.2, 0) is 0 Å². The zero-order chi connectivity index (χ0) is 8.97. The molecule has 12 heavy (non-hydrogen) atoms. The van der Waals surface area contributed by atoms with Crippen molar-refractivity contribution in [2.24, 2.45) is 5.18 Å². The number of nitrogens with zero attached hydrogens (tertiary/aromatic N) is 1. The fraction of sp³-hybridized carbons (Fsp3) is 0.111. The van der Waals surface area contributed by atoms with Gasteiger partial charge in [0.15, 0.2) is 0 Å². The second kappa shape index (κ2) is 3.67. The Morgan fingerprint density at radius 1 is 1.58 bits per heavy atom. The van der Waals surface area contributed by atoms with Gasteiger partial charge >= 0.3 is 0 Å². The van der Waals surface area contributed by atoms with Crippen molar-refractivity contribution in [1.29, 1.82) is 0 Å². The van der Waals surface area contributed by atoms with Gasteiger partial charge in [-0.2, -0.15) is 0 Å². The highest BCUT2D eigenvalue weighted by atomic mass is 16.3. The third-order valence-electron chi connectivity index (χ3n) is 1.57. The first-order valence-corrected chi connectivity index (χ1v) is 3.59. The summed E-state index contributed by atoms with van der Waals surface area (Å²) in [6, 6.07) is 5.18.